The van der Waals surface area contributed by atoms with Crippen molar-refractivity contribution < 1.29 is 9.53 Å². The lowest BCUT2D eigenvalue weighted by Gasteiger charge is -2.15. The number of thiophene rings is 1. The Bertz CT molecular complexity index is 1080. The predicted molar refractivity (Wildman–Crippen MR) is 93.0 cm³/mol. The van der Waals surface area contributed by atoms with Crippen LogP contribution in [0.25, 0.3) is 21.5 Å². The zero-order valence-electron chi connectivity index (χ0n) is 12.2. The van der Waals surface area contributed by atoms with Gasteiger partial charge in [-0.3, -0.25) is 0 Å². The number of fused-ring (bicyclic) bond motifs is 4. The van der Waals surface area contributed by atoms with E-state index in [0.29, 0.717) is 5.56 Å². The Kier molecular flexibility index (Phi) is 2.61. The summed E-state index contributed by atoms with van der Waals surface area (Å²) in [7, 11) is 0. The van der Waals surface area contributed by atoms with Crippen LogP contribution in [0, 0.1) is 0 Å². The number of hydrogen-bond donors (Lipinski definition) is 0. The smallest absolute Gasteiger partial charge is 0.340 e. The molecule has 23 heavy (non-hydrogen) atoms. The van der Waals surface area contributed by atoms with Crippen molar-refractivity contribution in [3.63, 3.8) is 0 Å². The maximum atomic E-state index is 12.1. The van der Waals surface area contributed by atoms with E-state index < -0.39 is 0 Å². The summed E-state index contributed by atoms with van der Waals surface area (Å²) in [5.41, 5.74) is 1.77. The van der Waals surface area contributed by atoms with Gasteiger partial charge in [-0.1, -0.05) is 48.5 Å². The van der Waals surface area contributed by atoms with Crippen LogP contribution in [0.5, 0.6) is 0 Å². The normalized spacial score (nSPS) is 16.7. The molecule has 1 aliphatic heterocycles. The first-order valence-corrected chi connectivity index (χ1v) is 8.39. The fraction of sp³-hybridized carbons (Fsp3) is 0.0500. The van der Waals surface area contributed by atoms with Gasteiger partial charge in [0.25, 0.3) is 0 Å². The number of rotatable bonds is 1. The molecular formula is C20H12O2S. The summed E-state index contributed by atoms with van der Waals surface area (Å²) in [4.78, 5) is 13.1. The van der Waals surface area contributed by atoms with Gasteiger partial charge in [-0.2, -0.15) is 0 Å². The highest BCUT2D eigenvalue weighted by molar-refractivity contribution is 7.10. The second kappa shape index (κ2) is 4.67. The molecule has 2 nitrogen and oxygen atoms in total. The summed E-state index contributed by atoms with van der Waals surface area (Å²) in [5.74, 6) is -0.219. The van der Waals surface area contributed by atoms with E-state index in [2.05, 4.69) is 42.5 Å². The largest absolute Gasteiger partial charge is 0.448 e. The summed E-state index contributed by atoms with van der Waals surface area (Å²) in [6, 6.07) is 20.7. The average Bonchev–Trinajstić information content (AvgIpc) is 3.19. The van der Waals surface area contributed by atoms with Crippen molar-refractivity contribution in [2.75, 3.05) is 0 Å². The van der Waals surface area contributed by atoms with Gasteiger partial charge in [-0.25, -0.2) is 4.79 Å². The third-order valence-corrected chi connectivity index (χ3v) is 5.42. The molecule has 0 aliphatic carbocycles. The molecule has 5 rings (SSSR count). The van der Waals surface area contributed by atoms with E-state index in [9.17, 15) is 4.79 Å². The van der Waals surface area contributed by atoms with Crippen molar-refractivity contribution in [3.8, 4) is 0 Å². The van der Waals surface area contributed by atoms with Crippen molar-refractivity contribution in [2.24, 2.45) is 0 Å². The van der Waals surface area contributed by atoms with Crippen molar-refractivity contribution in [1.29, 1.82) is 0 Å². The van der Waals surface area contributed by atoms with Crippen LogP contribution < -0.4 is 0 Å². The Balaban J connectivity index is 1.87. The molecule has 1 unspecified atom stereocenters. The Hall–Kier alpha value is -2.65. The molecule has 3 aromatic carbocycles. The Morgan fingerprint density at radius 1 is 0.870 bits per heavy atom. The summed E-state index contributed by atoms with van der Waals surface area (Å²) >= 11 is 1.59. The highest BCUT2D eigenvalue weighted by Crippen LogP contribution is 2.43. The minimum Gasteiger partial charge on any atom is -0.448 e. The highest BCUT2D eigenvalue weighted by Gasteiger charge is 2.34. The maximum Gasteiger partial charge on any atom is 0.340 e. The van der Waals surface area contributed by atoms with Crippen molar-refractivity contribution in [2.45, 2.75) is 6.10 Å². The van der Waals surface area contributed by atoms with Crippen LogP contribution in [0.4, 0.5) is 0 Å². The fourth-order valence-corrected chi connectivity index (χ4v) is 4.35. The fourth-order valence-electron chi connectivity index (χ4n) is 3.42. The summed E-state index contributed by atoms with van der Waals surface area (Å²) in [5, 5.41) is 6.69. The number of ether oxygens (including phenoxy) is 1. The molecule has 3 heteroatoms. The lowest BCUT2D eigenvalue weighted by atomic mass is 9.94. The molecule has 0 N–H and O–H groups in total. The van der Waals surface area contributed by atoms with Gasteiger partial charge in [0.1, 0.15) is 0 Å². The summed E-state index contributed by atoms with van der Waals surface area (Å²) in [6.07, 6.45) is -0.299. The van der Waals surface area contributed by atoms with E-state index in [-0.39, 0.29) is 12.1 Å². The number of carbonyl (C=O) groups is 1. The van der Waals surface area contributed by atoms with Gasteiger partial charge in [0.05, 0.1) is 10.4 Å². The number of cyclic esters (lactones) is 1. The van der Waals surface area contributed by atoms with Gasteiger partial charge in [-0.15, -0.1) is 11.3 Å². The standard InChI is InChI=1S/C20H12O2S/c21-20-16-9-10-23-19(16)18(22-20)17-11-12-5-1-2-6-13(12)14-7-3-4-8-15(14)17/h1-11,18H. The molecule has 0 amide bonds. The molecular weight excluding hydrogens is 304 g/mol. The van der Waals surface area contributed by atoms with Crippen LogP contribution in [0.15, 0.2) is 66.0 Å². The van der Waals surface area contributed by atoms with E-state index >= 15 is 0 Å². The molecule has 4 aromatic rings. The van der Waals surface area contributed by atoms with E-state index in [1.165, 1.54) is 16.2 Å². The first-order chi connectivity index (χ1) is 11.3. The molecule has 0 spiro atoms. The minimum absolute atomic E-state index is 0.219. The van der Waals surface area contributed by atoms with Gasteiger partial charge in [0, 0.05) is 5.56 Å². The number of esters is 1. The van der Waals surface area contributed by atoms with E-state index in [0.717, 1.165) is 15.8 Å². The monoisotopic (exact) mass is 316 g/mol. The van der Waals surface area contributed by atoms with Gasteiger partial charge >= 0.3 is 5.97 Å². The average molecular weight is 316 g/mol. The van der Waals surface area contributed by atoms with Crippen LogP contribution in [0.2, 0.25) is 0 Å². The second-order valence-corrected chi connectivity index (χ2v) is 6.66. The third-order valence-electron chi connectivity index (χ3n) is 4.46. The SMILES string of the molecule is O=C1OC(c2cc3ccccc3c3ccccc23)c2sccc21. The molecule has 0 bridgehead atoms. The minimum atomic E-state index is -0.299. The van der Waals surface area contributed by atoms with E-state index in [1.54, 1.807) is 11.3 Å². The van der Waals surface area contributed by atoms with Gasteiger partial charge in [0.15, 0.2) is 6.10 Å². The van der Waals surface area contributed by atoms with Crippen LogP contribution in [-0.2, 0) is 4.74 Å². The van der Waals surface area contributed by atoms with E-state index in [4.69, 9.17) is 4.74 Å². The maximum absolute atomic E-state index is 12.1. The lowest BCUT2D eigenvalue weighted by Crippen LogP contribution is -2.02. The summed E-state index contributed by atoms with van der Waals surface area (Å²) < 4.78 is 5.69. The Morgan fingerprint density at radius 2 is 1.61 bits per heavy atom. The van der Waals surface area contributed by atoms with Crippen LogP contribution in [0.3, 0.4) is 0 Å². The molecule has 0 fully saturated rings. The molecule has 0 saturated carbocycles. The second-order valence-electron chi connectivity index (χ2n) is 5.72. The molecule has 1 atom stereocenters. The van der Waals surface area contributed by atoms with Gasteiger partial charge < -0.3 is 4.74 Å². The zero-order chi connectivity index (χ0) is 15.4. The molecule has 1 aromatic heterocycles. The molecule has 110 valence electrons. The van der Waals surface area contributed by atoms with Gasteiger partial charge in [0.2, 0.25) is 0 Å². The first kappa shape index (κ1) is 12.9. The van der Waals surface area contributed by atoms with Gasteiger partial charge in [-0.05, 0) is 39.1 Å². The molecule has 0 radical (unpaired) electrons. The van der Waals surface area contributed by atoms with Crippen molar-refractivity contribution >= 4 is 38.9 Å². The Morgan fingerprint density at radius 3 is 2.48 bits per heavy atom. The predicted octanol–water partition coefficient (Wildman–Crippen LogP) is 5.31. The molecule has 0 saturated heterocycles. The number of hydrogen-bond acceptors (Lipinski definition) is 3. The zero-order valence-corrected chi connectivity index (χ0v) is 13.0. The topological polar surface area (TPSA) is 26.3 Å². The van der Waals surface area contributed by atoms with Crippen molar-refractivity contribution in [1.82, 2.24) is 0 Å². The number of carbonyl (C=O) groups excluding carboxylic acids is 1. The molecule has 2 heterocycles. The quantitative estimate of drug-likeness (QED) is 0.351. The van der Waals surface area contributed by atoms with Crippen LogP contribution in [0.1, 0.15) is 26.9 Å². The Labute approximate surface area is 136 Å². The summed E-state index contributed by atoms with van der Waals surface area (Å²) in [6.45, 7) is 0. The first-order valence-electron chi connectivity index (χ1n) is 7.52. The van der Waals surface area contributed by atoms with Crippen LogP contribution in [-0.4, -0.2) is 5.97 Å². The van der Waals surface area contributed by atoms with E-state index in [1.807, 2.05) is 23.6 Å². The van der Waals surface area contributed by atoms with Crippen LogP contribution >= 0.6 is 11.3 Å². The number of benzene rings is 3. The third kappa shape index (κ3) is 1.77. The lowest BCUT2D eigenvalue weighted by molar-refractivity contribution is 0.0460. The molecule has 1 aliphatic rings. The highest BCUT2D eigenvalue weighted by atomic mass is 32.1. The van der Waals surface area contributed by atoms with Crippen molar-refractivity contribution in [3.05, 3.63) is 82.0 Å².